The fourth-order valence-corrected chi connectivity index (χ4v) is 7.63. The average Bonchev–Trinajstić information content (AvgIpc) is 2.78. The molecule has 35 heavy (non-hydrogen) atoms. The van der Waals surface area contributed by atoms with Crippen LogP contribution >= 0.6 is 0 Å². The molecule has 2 heterocycles. The van der Waals surface area contributed by atoms with Gasteiger partial charge in [-0.1, -0.05) is 0 Å². The van der Waals surface area contributed by atoms with Gasteiger partial charge in [0.15, 0.2) is 0 Å². The minimum atomic E-state index is -3.64. The van der Waals surface area contributed by atoms with Gasteiger partial charge in [-0.25, -0.2) is 16.8 Å². The largest absolute Gasteiger partial charge is 0.457 e. The first kappa shape index (κ1) is 26.1. The second-order valence-corrected chi connectivity index (χ2v) is 13.1. The summed E-state index contributed by atoms with van der Waals surface area (Å²) in [5.74, 6) is 0.887. The maximum atomic E-state index is 13.0. The van der Waals surface area contributed by atoms with E-state index in [1.807, 2.05) is 27.7 Å². The average molecular weight is 525 g/mol. The molecule has 11 heteroatoms. The highest BCUT2D eigenvalue weighted by Crippen LogP contribution is 2.28. The van der Waals surface area contributed by atoms with Crippen LogP contribution in [0.1, 0.15) is 27.7 Å². The van der Waals surface area contributed by atoms with Crippen LogP contribution in [-0.2, 0) is 29.5 Å². The van der Waals surface area contributed by atoms with Gasteiger partial charge < -0.3 is 14.2 Å². The van der Waals surface area contributed by atoms with Crippen LogP contribution in [0.25, 0.3) is 0 Å². The SMILES string of the molecule is C[C@@H]1CN(S(=O)(=O)c2ccc(Oc3ccc(S(=O)(=O)N4C[C@@H](C)O[C@@H](C)C4)cc3)cc2)C[C@H](C)O1. The summed E-state index contributed by atoms with van der Waals surface area (Å²) in [5.41, 5.74) is 0. The summed E-state index contributed by atoms with van der Waals surface area (Å²) in [6.45, 7) is 8.65. The lowest BCUT2D eigenvalue weighted by molar-refractivity contribution is -0.0442. The molecule has 2 fully saturated rings. The molecular formula is C24H32N2O7S2. The molecule has 4 atom stereocenters. The molecule has 0 unspecified atom stereocenters. The number of benzene rings is 2. The Morgan fingerprint density at radius 3 is 1.17 bits per heavy atom. The second-order valence-electron chi connectivity index (χ2n) is 9.20. The van der Waals surface area contributed by atoms with Crippen molar-refractivity contribution in [2.24, 2.45) is 0 Å². The van der Waals surface area contributed by atoms with Gasteiger partial charge in [0, 0.05) is 26.2 Å². The van der Waals surface area contributed by atoms with Crippen LogP contribution in [0, 0.1) is 0 Å². The molecule has 9 nitrogen and oxygen atoms in total. The molecule has 0 aromatic heterocycles. The van der Waals surface area contributed by atoms with Gasteiger partial charge in [0.1, 0.15) is 11.5 Å². The molecule has 192 valence electrons. The maximum Gasteiger partial charge on any atom is 0.243 e. The number of hydrogen-bond donors (Lipinski definition) is 0. The van der Waals surface area contributed by atoms with Crippen LogP contribution in [0.3, 0.4) is 0 Å². The van der Waals surface area contributed by atoms with E-state index < -0.39 is 20.0 Å². The Hall–Kier alpha value is -2.02. The number of rotatable bonds is 6. The first-order chi connectivity index (χ1) is 16.4. The summed E-state index contributed by atoms with van der Waals surface area (Å²) in [7, 11) is -7.28. The van der Waals surface area contributed by atoms with Crippen molar-refractivity contribution in [3.63, 3.8) is 0 Å². The second kappa shape index (κ2) is 10.2. The topological polar surface area (TPSA) is 102 Å². The molecule has 0 radical (unpaired) electrons. The van der Waals surface area contributed by atoms with Gasteiger partial charge in [0.05, 0.1) is 34.2 Å². The number of hydrogen-bond acceptors (Lipinski definition) is 7. The molecule has 0 N–H and O–H groups in total. The number of nitrogens with zero attached hydrogens (tertiary/aromatic N) is 2. The van der Waals surface area contributed by atoms with Crippen LogP contribution < -0.4 is 4.74 Å². The van der Waals surface area contributed by atoms with Crippen molar-refractivity contribution in [3.05, 3.63) is 48.5 Å². The van der Waals surface area contributed by atoms with Gasteiger partial charge in [0.2, 0.25) is 20.0 Å². The van der Waals surface area contributed by atoms with Crippen LogP contribution in [0.2, 0.25) is 0 Å². The summed E-state index contributed by atoms with van der Waals surface area (Å²) in [4.78, 5) is 0.364. The van der Waals surface area contributed by atoms with Crippen LogP contribution in [0.4, 0.5) is 0 Å². The number of ether oxygens (including phenoxy) is 3. The Bertz CT molecular complexity index is 1110. The standard InChI is InChI=1S/C24H32N2O7S2/c1-17-13-25(14-18(2)31-17)34(27,28)23-9-5-21(6-10-23)33-22-7-11-24(12-8-22)35(29,30)26-15-19(3)32-20(4)16-26/h5-12,17-20H,13-16H2,1-4H3/t17-,18+,19-,20+. The molecule has 0 bridgehead atoms. The molecule has 0 amide bonds. The molecule has 2 aromatic rings. The van der Waals surface area contributed by atoms with Crippen molar-refractivity contribution in [3.8, 4) is 11.5 Å². The molecule has 0 spiro atoms. The summed E-state index contributed by atoms with van der Waals surface area (Å²) in [5, 5.41) is 0. The molecule has 2 saturated heterocycles. The third kappa shape index (κ3) is 5.87. The van der Waals surface area contributed by atoms with Gasteiger partial charge in [-0.2, -0.15) is 8.61 Å². The normalized spacial score (nSPS) is 27.0. The highest BCUT2D eigenvalue weighted by Gasteiger charge is 2.33. The Labute approximate surface area is 207 Å². The lowest BCUT2D eigenvalue weighted by Crippen LogP contribution is -2.48. The van der Waals surface area contributed by atoms with Crippen molar-refractivity contribution in [2.45, 2.75) is 61.9 Å². The van der Waals surface area contributed by atoms with E-state index in [1.54, 1.807) is 24.3 Å². The Morgan fingerprint density at radius 2 is 0.886 bits per heavy atom. The first-order valence-electron chi connectivity index (χ1n) is 11.6. The fourth-order valence-electron chi connectivity index (χ4n) is 4.45. The van der Waals surface area contributed by atoms with Gasteiger partial charge in [-0.05, 0) is 76.2 Å². The van der Waals surface area contributed by atoms with Crippen molar-refractivity contribution >= 4 is 20.0 Å². The predicted molar refractivity (Wildman–Crippen MR) is 130 cm³/mol. The van der Waals surface area contributed by atoms with E-state index >= 15 is 0 Å². The Kier molecular flexibility index (Phi) is 7.56. The summed E-state index contributed by atoms with van der Waals surface area (Å²) >= 11 is 0. The first-order valence-corrected chi connectivity index (χ1v) is 14.5. The predicted octanol–water partition coefficient (Wildman–Crippen LogP) is 3.07. The molecular weight excluding hydrogens is 492 g/mol. The zero-order valence-corrected chi connectivity index (χ0v) is 22.0. The van der Waals surface area contributed by atoms with Crippen LogP contribution in [0.15, 0.2) is 58.3 Å². The van der Waals surface area contributed by atoms with E-state index in [4.69, 9.17) is 14.2 Å². The summed E-state index contributed by atoms with van der Waals surface area (Å²) in [6, 6.07) is 12.4. The zero-order chi connectivity index (χ0) is 25.4. The van der Waals surface area contributed by atoms with E-state index in [0.29, 0.717) is 37.7 Å². The monoisotopic (exact) mass is 524 g/mol. The number of sulfonamides is 2. The smallest absolute Gasteiger partial charge is 0.243 e. The minimum absolute atomic E-state index is 0.169. The van der Waals surface area contributed by atoms with Crippen molar-refractivity contribution in [1.82, 2.24) is 8.61 Å². The third-order valence-corrected chi connectivity index (χ3v) is 9.62. The lowest BCUT2D eigenvalue weighted by atomic mass is 10.3. The van der Waals surface area contributed by atoms with Gasteiger partial charge in [-0.15, -0.1) is 0 Å². The molecule has 2 aromatic carbocycles. The summed E-state index contributed by atoms with van der Waals surface area (Å²) in [6.07, 6.45) is -0.674. The van der Waals surface area contributed by atoms with Crippen molar-refractivity contribution in [1.29, 1.82) is 0 Å². The summed E-state index contributed by atoms with van der Waals surface area (Å²) < 4.78 is 72.0. The molecule has 2 aliphatic heterocycles. The highest BCUT2D eigenvalue weighted by atomic mass is 32.2. The number of morpholine rings is 2. The van der Waals surface area contributed by atoms with E-state index in [1.165, 1.54) is 32.9 Å². The Morgan fingerprint density at radius 1 is 0.600 bits per heavy atom. The zero-order valence-electron chi connectivity index (χ0n) is 20.3. The maximum absolute atomic E-state index is 13.0. The lowest BCUT2D eigenvalue weighted by Gasteiger charge is -2.34. The minimum Gasteiger partial charge on any atom is -0.457 e. The van der Waals surface area contributed by atoms with Crippen LogP contribution in [0.5, 0.6) is 11.5 Å². The van der Waals surface area contributed by atoms with Gasteiger partial charge >= 0.3 is 0 Å². The van der Waals surface area contributed by atoms with Crippen LogP contribution in [-0.4, -0.2) is 76.0 Å². The van der Waals surface area contributed by atoms with Gasteiger partial charge in [0.25, 0.3) is 0 Å². The van der Waals surface area contributed by atoms with Gasteiger partial charge in [-0.3, -0.25) is 0 Å². The van der Waals surface area contributed by atoms with E-state index in [0.717, 1.165) is 0 Å². The fraction of sp³-hybridized carbons (Fsp3) is 0.500. The van der Waals surface area contributed by atoms with E-state index in [2.05, 4.69) is 0 Å². The third-order valence-electron chi connectivity index (χ3n) is 5.93. The van der Waals surface area contributed by atoms with E-state index in [9.17, 15) is 16.8 Å². The molecule has 2 aliphatic rings. The van der Waals surface area contributed by atoms with Crippen molar-refractivity contribution in [2.75, 3.05) is 26.2 Å². The Balaban J connectivity index is 1.44. The van der Waals surface area contributed by atoms with Crippen molar-refractivity contribution < 1.29 is 31.0 Å². The molecule has 0 aliphatic carbocycles. The highest BCUT2D eigenvalue weighted by molar-refractivity contribution is 7.89. The quantitative estimate of drug-likeness (QED) is 0.572. The molecule has 4 rings (SSSR count). The molecule has 0 saturated carbocycles. The van der Waals surface area contributed by atoms with E-state index in [-0.39, 0.29) is 34.2 Å².